The van der Waals surface area contributed by atoms with Crippen LogP contribution in [0.5, 0.6) is 0 Å². The Kier molecular flexibility index (Phi) is 4.61. The van der Waals surface area contributed by atoms with Gasteiger partial charge in [0.05, 0.1) is 6.04 Å². The molecule has 0 aromatic heterocycles. The van der Waals surface area contributed by atoms with E-state index in [0.717, 1.165) is 44.7 Å². The zero-order chi connectivity index (χ0) is 13.9. The first kappa shape index (κ1) is 14.3. The Labute approximate surface area is 122 Å². The third-order valence-electron chi connectivity index (χ3n) is 5.15. The first-order valence-corrected chi connectivity index (χ1v) is 8.50. The maximum atomic E-state index is 12.5. The van der Waals surface area contributed by atoms with E-state index < -0.39 is 0 Å². The van der Waals surface area contributed by atoms with Gasteiger partial charge in [-0.05, 0) is 64.5 Å². The molecule has 2 unspecified atom stereocenters. The zero-order valence-electron chi connectivity index (χ0n) is 12.8. The molecule has 0 aromatic carbocycles. The summed E-state index contributed by atoms with van der Waals surface area (Å²) in [5.41, 5.74) is 0. The Balaban J connectivity index is 1.48. The van der Waals surface area contributed by atoms with Crippen molar-refractivity contribution in [2.75, 3.05) is 32.7 Å². The number of nitrogens with zero attached hydrogens (tertiary/aromatic N) is 2. The van der Waals surface area contributed by atoms with Crippen LogP contribution in [0.3, 0.4) is 0 Å². The van der Waals surface area contributed by atoms with Crippen molar-refractivity contribution in [2.45, 2.75) is 57.5 Å². The predicted octanol–water partition coefficient (Wildman–Crippen LogP) is 1.46. The maximum absolute atomic E-state index is 12.5. The van der Waals surface area contributed by atoms with Crippen LogP contribution < -0.4 is 5.32 Å². The summed E-state index contributed by atoms with van der Waals surface area (Å²) in [5.74, 6) is 1.09. The topological polar surface area (TPSA) is 35.6 Å². The highest BCUT2D eigenvalue weighted by atomic mass is 16.2. The molecule has 1 N–H and O–H groups in total. The van der Waals surface area contributed by atoms with Crippen LogP contribution in [0.4, 0.5) is 0 Å². The molecule has 0 aromatic rings. The van der Waals surface area contributed by atoms with Crippen molar-refractivity contribution in [1.29, 1.82) is 0 Å². The van der Waals surface area contributed by atoms with E-state index in [1.165, 1.54) is 38.5 Å². The molecule has 3 aliphatic rings. The maximum Gasteiger partial charge on any atom is 0.239 e. The van der Waals surface area contributed by atoms with E-state index in [0.29, 0.717) is 5.91 Å². The van der Waals surface area contributed by atoms with Crippen molar-refractivity contribution in [1.82, 2.24) is 15.1 Å². The fourth-order valence-corrected chi connectivity index (χ4v) is 3.59. The second-order valence-electron chi connectivity index (χ2n) is 6.89. The van der Waals surface area contributed by atoms with Gasteiger partial charge in [-0.3, -0.25) is 9.69 Å². The summed E-state index contributed by atoms with van der Waals surface area (Å²) < 4.78 is 0. The molecule has 2 heterocycles. The average Bonchev–Trinajstić information content (AvgIpc) is 3.15. The molecule has 114 valence electrons. The summed E-state index contributed by atoms with van der Waals surface area (Å²) in [6.45, 7) is 7.40. The van der Waals surface area contributed by atoms with E-state index in [1.807, 2.05) is 0 Å². The van der Waals surface area contributed by atoms with Gasteiger partial charge in [-0.15, -0.1) is 0 Å². The third kappa shape index (κ3) is 3.53. The molecule has 0 radical (unpaired) electrons. The summed E-state index contributed by atoms with van der Waals surface area (Å²) >= 11 is 0. The molecule has 1 aliphatic carbocycles. The highest BCUT2D eigenvalue weighted by Crippen LogP contribution is 2.23. The molecular weight excluding hydrogens is 250 g/mol. The Morgan fingerprint density at radius 2 is 1.90 bits per heavy atom. The molecule has 20 heavy (non-hydrogen) atoms. The van der Waals surface area contributed by atoms with Crippen molar-refractivity contribution in [2.24, 2.45) is 5.92 Å². The van der Waals surface area contributed by atoms with Gasteiger partial charge in [0.1, 0.15) is 0 Å². The lowest BCUT2D eigenvalue weighted by Crippen LogP contribution is -2.51. The molecule has 0 spiro atoms. The van der Waals surface area contributed by atoms with Crippen LogP contribution in [0.1, 0.15) is 45.4 Å². The fraction of sp³-hybridized carbons (Fsp3) is 0.938. The lowest BCUT2D eigenvalue weighted by Gasteiger charge is -2.37. The quantitative estimate of drug-likeness (QED) is 0.827. The number of rotatable bonds is 5. The SMILES string of the molecule is CC(C(=O)N1CCCC1)N1CCCC(CNC2CC2)C1. The molecule has 4 nitrogen and oxygen atoms in total. The second kappa shape index (κ2) is 6.44. The van der Waals surface area contributed by atoms with Gasteiger partial charge in [-0.1, -0.05) is 0 Å². The Morgan fingerprint density at radius 1 is 1.15 bits per heavy atom. The Bertz CT molecular complexity index is 337. The van der Waals surface area contributed by atoms with Crippen molar-refractivity contribution < 1.29 is 4.79 Å². The minimum atomic E-state index is 0.0804. The second-order valence-corrected chi connectivity index (χ2v) is 6.89. The summed E-state index contributed by atoms with van der Waals surface area (Å²) in [6, 6.07) is 0.880. The molecule has 3 fully saturated rings. The first-order valence-electron chi connectivity index (χ1n) is 8.50. The summed E-state index contributed by atoms with van der Waals surface area (Å²) in [7, 11) is 0. The molecule has 4 heteroatoms. The molecule has 3 rings (SSSR count). The number of carbonyl (C=O) groups excluding carboxylic acids is 1. The van der Waals surface area contributed by atoms with Crippen LogP contribution in [0.15, 0.2) is 0 Å². The van der Waals surface area contributed by atoms with Crippen molar-refractivity contribution >= 4 is 5.91 Å². The monoisotopic (exact) mass is 279 g/mol. The van der Waals surface area contributed by atoms with Crippen molar-refractivity contribution in [3.8, 4) is 0 Å². The van der Waals surface area contributed by atoms with Gasteiger partial charge < -0.3 is 10.2 Å². The predicted molar refractivity (Wildman–Crippen MR) is 80.6 cm³/mol. The summed E-state index contributed by atoms with van der Waals surface area (Å²) in [5, 5.41) is 3.65. The van der Waals surface area contributed by atoms with Crippen LogP contribution in [-0.4, -0.2) is 60.5 Å². The van der Waals surface area contributed by atoms with E-state index >= 15 is 0 Å². The molecule has 2 atom stereocenters. The first-order chi connectivity index (χ1) is 9.74. The highest BCUT2D eigenvalue weighted by Gasteiger charge is 2.31. The Morgan fingerprint density at radius 3 is 2.60 bits per heavy atom. The number of carbonyl (C=O) groups is 1. The Hall–Kier alpha value is -0.610. The summed E-state index contributed by atoms with van der Waals surface area (Å²) in [4.78, 5) is 17.0. The van der Waals surface area contributed by atoms with E-state index in [-0.39, 0.29) is 6.04 Å². The summed E-state index contributed by atoms with van der Waals surface area (Å²) in [6.07, 6.45) is 7.66. The van der Waals surface area contributed by atoms with Crippen LogP contribution in [0.2, 0.25) is 0 Å². The van der Waals surface area contributed by atoms with E-state index in [4.69, 9.17) is 0 Å². The minimum Gasteiger partial charge on any atom is -0.341 e. The molecule has 2 saturated heterocycles. The third-order valence-corrected chi connectivity index (χ3v) is 5.15. The standard InChI is InChI=1S/C16H29N3O/c1-13(16(20)18-8-2-3-9-18)19-10-4-5-14(12-19)11-17-15-6-7-15/h13-15,17H,2-12H2,1H3. The van der Waals surface area contributed by atoms with Gasteiger partial charge in [0.15, 0.2) is 0 Å². The molecule has 2 aliphatic heterocycles. The van der Waals surface area contributed by atoms with E-state index in [9.17, 15) is 4.79 Å². The molecule has 1 amide bonds. The largest absolute Gasteiger partial charge is 0.341 e. The fourth-order valence-electron chi connectivity index (χ4n) is 3.59. The number of piperidine rings is 1. The van der Waals surface area contributed by atoms with Gasteiger partial charge in [0, 0.05) is 25.7 Å². The van der Waals surface area contributed by atoms with Gasteiger partial charge in [-0.2, -0.15) is 0 Å². The smallest absolute Gasteiger partial charge is 0.239 e. The number of hydrogen-bond donors (Lipinski definition) is 1. The van der Waals surface area contributed by atoms with E-state index in [1.54, 1.807) is 0 Å². The lowest BCUT2D eigenvalue weighted by molar-refractivity contribution is -0.136. The number of amides is 1. The van der Waals surface area contributed by atoms with Gasteiger partial charge >= 0.3 is 0 Å². The molecular formula is C16H29N3O. The van der Waals surface area contributed by atoms with Crippen LogP contribution in [-0.2, 0) is 4.79 Å². The minimum absolute atomic E-state index is 0.0804. The normalized spacial score (nSPS) is 29.6. The average molecular weight is 279 g/mol. The molecule has 0 bridgehead atoms. The van der Waals surface area contributed by atoms with Gasteiger partial charge in [0.2, 0.25) is 5.91 Å². The zero-order valence-corrected chi connectivity index (χ0v) is 12.8. The van der Waals surface area contributed by atoms with Crippen molar-refractivity contribution in [3.63, 3.8) is 0 Å². The number of likely N-dealkylation sites (tertiary alicyclic amines) is 2. The van der Waals surface area contributed by atoms with Gasteiger partial charge in [-0.25, -0.2) is 0 Å². The van der Waals surface area contributed by atoms with Crippen LogP contribution in [0, 0.1) is 5.92 Å². The number of hydrogen-bond acceptors (Lipinski definition) is 3. The van der Waals surface area contributed by atoms with Crippen molar-refractivity contribution in [3.05, 3.63) is 0 Å². The van der Waals surface area contributed by atoms with E-state index in [2.05, 4.69) is 22.0 Å². The van der Waals surface area contributed by atoms with Crippen LogP contribution >= 0.6 is 0 Å². The molecule has 1 saturated carbocycles. The van der Waals surface area contributed by atoms with Gasteiger partial charge in [0.25, 0.3) is 0 Å². The van der Waals surface area contributed by atoms with Crippen LogP contribution in [0.25, 0.3) is 0 Å². The highest BCUT2D eigenvalue weighted by molar-refractivity contribution is 5.81. The number of nitrogens with one attached hydrogen (secondary N) is 1. The lowest BCUT2D eigenvalue weighted by atomic mass is 9.96.